The fourth-order valence-corrected chi connectivity index (χ4v) is 2.41. The molecule has 0 heterocycles. The van der Waals surface area contributed by atoms with Gasteiger partial charge in [0.2, 0.25) is 5.91 Å². The fourth-order valence-electron chi connectivity index (χ4n) is 2.41. The maximum atomic E-state index is 12.9. The number of carbonyl (C=O) groups excluding carboxylic acids is 1. The van der Waals surface area contributed by atoms with Crippen LogP contribution < -0.4 is 10.1 Å². The van der Waals surface area contributed by atoms with Gasteiger partial charge in [0, 0.05) is 12.0 Å². The number of rotatable bonds is 5. The summed E-state index contributed by atoms with van der Waals surface area (Å²) in [5.74, 6) is 0.473. The number of hydrogen-bond donors (Lipinski definition) is 1. The van der Waals surface area contributed by atoms with Crippen molar-refractivity contribution in [2.24, 2.45) is 5.92 Å². The van der Waals surface area contributed by atoms with E-state index in [0.717, 1.165) is 25.7 Å². The Bertz CT molecular complexity index is 416. The number of nitrogens with one attached hydrogen (secondary N) is 1. The molecule has 104 valence electrons. The fraction of sp³-hybridized carbons (Fsp3) is 0.533. The van der Waals surface area contributed by atoms with Crippen LogP contribution in [-0.4, -0.2) is 19.1 Å². The van der Waals surface area contributed by atoms with Gasteiger partial charge in [-0.15, -0.1) is 0 Å². The summed E-state index contributed by atoms with van der Waals surface area (Å²) >= 11 is 0. The van der Waals surface area contributed by atoms with E-state index in [9.17, 15) is 9.18 Å². The Morgan fingerprint density at radius 2 is 2.11 bits per heavy atom. The van der Waals surface area contributed by atoms with E-state index in [2.05, 4.69) is 5.32 Å². The number of carbonyl (C=O) groups is 1. The molecule has 0 aromatic heterocycles. The molecule has 3 nitrogen and oxygen atoms in total. The molecule has 1 aromatic rings. The van der Waals surface area contributed by atoms with E-state index >= 15 is 0 Å². The minimum atomic E-state index is -0.316. The van der Waals surface area contributed by atoms with Crippen LogP contribution in [-0.2, 0) is 4.79 Å². The van der Waals surface area contributed by atoms with Crippen molar-refractivity contribution in [3.8, 4) is 5.75 Å². The third kappa shape index (κ3) is 4.54. The SMILES string of the molecule is O=C(NCCOc1cccc(F)c1)C1CCCCC1. The molecule has 1 aromatic carbocycles. The van der Waals surface area contributed by atoms with Crippen LogP contribution in [0.2, 0.25) is 0 Å². The van der Waals surface area contributed by atoms with E-state index in [1.54, 1.807) is 12.1 Å². The van der Waals surface area contributed by atoms with E-state index in [-0.39, 0.29) is 17.6 Å². The smallest absolute Gasteiger partial charge is 0.223 e. The zero-order chi connectivity index (χ0) is 13.5. The number of halogens is 1. The molecule has 0 radical (unpaired) electrons. The largest absolute Gasteiger partial charge is 0.492 e. The molecule has 4 heteroatoms. The molecule has 1 fully saturated rings. The summed E-state index contributed by atoms with van der Waals surface area (Å²) in [4.78, 5) is 11.8. The second-order valence-electron chi connectivity index (χ2n) is 4.93. The van der Waals surface area contributed by atoms with Crippen LogP contribution >= 0.6 is 0 Å². The molecule has 1 aliphatic carbocycles. The third-order valence-corrected chi connectivity index (χ3v) is 3.44. The van der Waals surface area contributed by atoms with Crippen LogP contribution in [0.4, 0.5) is 4.39 Å². The molecule has 0 spiro atoms. The lowest BCUT2D eigenvalue weighted by Gasteiger charge is -2.20. The van der Waals surface area contributed by atoms with E-state index in [1.165, 1.54) is 18.6 Å². The monoisotopic (exact) mass is 265 g/mol. The van der Waals surface area contributed by atoms with Gasteiger partial charge in [-0.1, -0.05) is 25.3 Å². The topological polar surface area (TPSA) is 38.3 Å². The van der Waals surface area contributed by atoms with Gasteiger partial charge in [-0.05, 0) is 25.0 Å². The Morgan fingerprint density at radius 3 is 2.84 bits per heavy atom. The van der Waals surface area contributed by atoms with Crippen molar-refractivity contribution in [1.82, 2.24) is 5.32 Å². The molecular formula is C15H20FNO2. The number of benzene rings is 1. The molecule has 0 bridgehead atoms. The van der Waals surface area contributed by atoms with Crippen LogP contribution in [0.5, 0.6) is 5.75 Å². The van der Waals surface area contributed by atoms with Crippen molar-refractivity contribution in [3.05, 3.63) is 30.1 Å². The highest BCUT2D eigenvalue weighted by molar-refractivity contribution is 5.78. The molecule has 0 atom stereocenters. The maximum absolute atomic E-state index is 12.9. The van der Waals surface area contributed by atoms with Crippen LogP contribution in [0, 0.1) is 11.7 Å². The zero-order valence-electron chi connectivity index (χ0n) is 11.0. The van der Waals surface area contributed by atoms with Crippen molar-refractivity contribution in [3.63, 3.8) is 0 Å². The van der Waals surface area contributed by atoms with Crippen molar-refractivity contribution in [2.75, 3.05) is 13.2 Å². The van der Waals surface area contributed by atoms with E-state index in [4.69, 9.17) is 4.74 Å². The Hall–Kier alpha value is -1.58. The minimum Gasteiger partial charge on any atom is -0.492 e. The highest BCUT2D eigenvalue weighted by Gasteiger charge is 2.20. The molecule has 2 rings (SSSR count). The second kappa shape index (κ2) is 7.12. The summed E-state index contributed by atoms with van der Waals surface area (Å²) in [7, 11) is 0. The zero-order valence-corrected chi connectivity index (χ0v) is 11.0. The molecule has 1 aliphatic rings. The van der Waals surface area contributed by atoms with Crippen molar-refractivity contribution in [2.45, 2.75) is 32.1 Å². The number of amides is 1. The average Bonchev–Trinajstić information content (AvgIpc) is 2.44. The first-order valence-electron chi connectivity index (χ1n) is 6.92. The van der Waals surface area contributed by atoms with Gasteiger partial charge in [-0.3, -0.25) is 4.79 Å². The molecular weight excluding hydrogens is 245 g/mol. The summed E-state index contributed by atoms with van der Waals surface area (Å²) in [5, 5.41) is 2.88. The Balaban J connectivity index is 1.65. The Labute approximate surface area is 113 Å². The minimum absolute atomic E-state index is 0.127. The summed E-state index contributed by atoms with van der Waals surface area (Å²) < 4.78 is 18.3. The lowest BCUT2D eigenvalue weighted by molar-refractivity contribution is -0.126. The van der Waals surface area contributed by atoms with Gasteiger partial charge in [0.1, 0.15) is 18.2 Å². The van der Waals surface area contributed by atoms with Crippen molar-refractivity contribution >= 4 is 5.91 Å². The Morgan fingerprint density at radius 1 is 1.32 bits per heavy atom. The van der Waals surface area contributed by atoms with E-state index in [0.29, 0.717) is 18.9 Å². The standard InChI is InChI=1S/C15H20FNO2/c16-13-7-4-8-14(11-13)19-10-9-17-15(18)12-5-2-1-3-6-12/h4,7-8,11-12H,1-3,5-6,9-10H2,(H,17,18). The quantitative estimate of drug-likeness (QED) is 0.831. The highest BCUT2D eigenvalue weighted by atomic mass is 19.1. The molecule has 0 unspecified atom stereocenters. The van der Waals surface area contributed by atoms with E-state index in [1.807, 2.05) is 0 Å². The van der Waals surface area contributed by atoms with Gasteiger partial charge in [0.05, 0.1) is 6.54 Å². The summed E-state index contributed by atoms with van der Waals surface area (Å²) in [6.45, 7) is 0.827. The molecule has 1 amide bonds. The van der Waals surface area contributed by atoms with Crippen LogP contribution in [0.15, 0.2) is 24.3 Å². The normalized spacial score (nSPS) is 16.1. The first-order chi connectivity index (χ1) is 9.25. The summed E-state index contributed by atoms with van der Waals surface area (Å²) in [6, 6.07) is 6.01. The Kier molecular flexibility index (Phi) is 5.19. The number of ether oxygens (including phenoxy) is 1. The summed E-state index contributed by atoms with van der Waals surface area (Å²) in [6.07, 6.45) is 5.54. The van der Waals surface area contributed by atoms with Crippen LogP contribution in [0.3, 0.4) is 0 Å². The maximum Gasteiger partial charge on any atom is 0.223 e. The lowest BCUT2D eigenvalue weighted by atomic mass is 9.89. The van der Waals surface area contributed by atoms with Crippen LogP contribution in [0.25, 0.3) is 0 Å². The van der Waals surface area contributed by atoms with Crippen molar-refractivity contribution < 1.29 is 13.9 Å². The predicted octanol–water partition coefficient (Wildman–Crippen LogP) is 2.90. The van der Waals surface area contributed by atoms with Gasteiger partial charge in [-0.2, -0.15) is 0 Å². The molecule has 0 saturated heterocycles. The first kappa shape index (κ1) is 13.8. The molecule has 1 saturated carbocycles. The molecule has 0 aliphatic heterocycles. The summed E-state index contributed by atoms with van der Waals surface area (Å²) in [5.41, 5.74) is 0. The van der Waals surface area contributed by atoms with Gasteiger partial charge in [-0.25, -0.2) is 4.39 Å². The van der Waals surface area contributed by atoms with Crippen molar-refractivity contribution in [1.29, 1.82) is 0 Å². The second-order valence-corrected chi connectivity index (χ2v) is 4.93. The van der Waals surface area contributed by atoms with Gasteiger partial charge >= 0.3 is 0 Å². The lowest BCUT2D eigenvalue weighted by Crippen LogP contribution is -2.34. The molecule has 19 heavy (non-hydrogen) atoms. The van der Waals surface area contributed by atoms with Gasteiger partial charge in [0.15, 0.2) is 0 Å². The first-order valence-corrected chi connectivity index (χ1v) is 6.92. The van der Waals surface area contributed by atoms with E-state index < -0.39 is 0 Å². The van der Waals surface area contributed by atoms with Gasteiger partial charge < -0.3 is 10.1 Å². The average molecular weight is 265 g/mol. The predicted molar refractivity (Wildman–Crippen MR) is 71.5 cm³/mol. The molecule has 1 N–H and O–H groups in total. The highest BCUT2D eigenvalue weighted by Crippen LogP contribution is 2.23. The third-order valence-electron chi connectivity index (χ3n) is 3.44. The van der Waals surface area contributed by atoms with Gasteiger partial charge in [0.25, 0.3) is 0 Å². The number of hydrogen-bond acceptors (Lipinski definition) is 2. The van der Waals surface area contributed by atoms with Crippen LogP contribution in [0.1, 0.15) is 32.1 Å².